The molecule has 0 saturated carbocycles. The number of nitrogens with zero attached hydrogens (tertiary/aromatic N) is 2. The molecule has 4 heterocycles. The van der Waals surface area contributed by atoms with Crippen LogP contribution < -0.4 is 14.8 Å². The van der Waals surface area contributed by atoms with Gasteiger partial charge >= 0.3 is 0 Å². The van der Waals surface area contributed by atoms with Crippen molar-refractivity contribution in [3.63, 3.8) is 0 Å². The first-order valence-electron chi connectivity index (χ1n) is 7.81. The van der Waals surface area contributed by atoms with Crippen molar-refractivity contribution in [1.29, 1.82) is 0 Å². The van der Waals surface area contributed by atoms with E-state index in [-0.39, 0.29) is 0 Å². The summed E-state index contributed by atoms with van der Waals surface area (Å²) in [7, 11) is 0. The Morgan fingerprint density at radius 3 is 2.83 bits per heavy atom. The number of fused-ring (bicyclic) bond motifs is 2. The van der Waals surface area contributed by atoms with Crippen molar-refractivity contribution in [2.45, 2.75) is 6.42 Å². The lowest BCUT2D eigenvalue weighted by Crippen LogP contribution is -2.15. The average molecular weight is 360 g/mol. The molecule has 0 fully saturated rings. The smallest absolute Gasteiger partial charge is 0.163 e. The average Bonchev–Trinajstić information content (AvgIpc) is 3.30. The van der Waals surface area contributed by atoms with Gasteiger partial charge in [0.2, 0.25) is 0 Å². The van der Waals surface area contributed by atoms with Crippen LogP contribution in [0.25, 0.3) is 16.3 Å². The van der Waals surface area contributed by atoms with Crippen molar-refractivity contribution in [2.75, 3.05) is 25.1 Å². The van der Waals surface area contributed by atoms with Crippen molar-refractivity contribution >= 4 is 28.8 Å². The van der Waals surface area contributed by atoms with Crippen molar-refractivity contribution < 1.29 is 9.47 Å². The van der Waals surface area contributed by atoms with E-state index in [1.807, 2.05) is 35.0 Å². The van der Waals surface area contributed by atoms with Gasteiger partial charge in [0.25, 0.3) is 0 Å². The van der Waals surface area contributed by atoms with Crippen LogP contribution in [0.15, 0.2) is 30.3 Å². The lowest BCUT2D eigenvalue weighted by Gasteiger charge is -2.19. The molecule has 0 atom stereocenters. The van der Waals surface area contributed by atoms with Gasteiger partial charge in [0.05, 0.1) is 14.9 Å². The second-order valence-electron chi connectivity index (χ2n) is 5.70. The molecule has 0 bridgehead atoms. The van der Waals surface area contributed by atoms with Crippen LogP contribution in [-0.2, 0) is 6.42 Å². The zero-order valence-corrected chi connectivity index (χ0v) is 14.3. The first kappa shape index (κ1) is 14.2. The summed E-state index contributed by atoms with van der Waals surface area (Å²) in [5.41, 5.74) is 3.20. The highest BCUT2D eigenvalue weighted by molar-refractivity contribution is 7.19. The number of hydrogen-bond donors (Lipinski definition) is 1. The van der Waals surface area contributed by atoms with Crippen LogP contribution in [-0.4, -0.2) is 29.5 Å². The predicted molar refractivity (Wildman–Crippen MR) is 95.1 cm³/mol. The highest BCUT2D eigenvalue weighted by Crippen LogP contribution is 2.40. The van der Waals surface area contributed by atoms with Crippen LogP contribution in [0.2, 0.25) is 4.34 Å². The summed E-state index contributed by atoms with van der Waals surface area (Å²) in [6.07, 6.45) is 0.963. The van der Waals surface area contributed by atoms with Gasteiger partial charge in [0.1, 0.15) is 24.7 Å². The first-order valence-corrected chi connectivity index (χ1v) is 9.00. The highest BCUT2D eigenvalue weighted by Gasteiger charge is 2.25. The van der Waals surface area contributed by atoms with Gasteiger partial charge in [-0.05, 0) is 30.7 Å². The number of hydrogen-bond acceptors (Lipinski definition) is 5. The Bertz CT molecular complexity index is 934. The molecule has 0 saturated heterocycles. The first-order chi connectivity index (χ1) is 11.8. The Hall–Kier alpha value is -2.18. The number of thiophene rings is 1. The minimum absolute atomic E-state index is 0.574. The quantitative estimate of drug-likeness (QED) is 0.751. The maximum Gasteiger partial charge on any atom is 0.163 e. The number of aromatic nitrogens is 2. The molecule has 1 N–H and O–H groups in total. The second kappa shape index (κ2) is 5.43. The molecule has 0 aliphatic carbocycles. The number of ether oxygens (including phenoxy) is 2. The van der Waals surface area contributed by atoms with E-state index in [4.69, 9.17) is 26.2 Å². The van der Waals surface area contributed by atoms with Gasteiger partial charge in [-0.25, -0.2) is 4.68 Å². The summed E-state index contributed by atoms with van der Waals surface area (Å²) >= 11 is 7.66. The highest BCUT2D eigenvalue weighted by atomic mass is 35.5. The number of halogens is 1. The van der Waals surface area contributed by atoms with Gasteiger partial charge in [0, 0.05) is 18.2 Å². The molecule has 0 spiro atoms. The topological polar surface area (TPSA) is 48.3 Å². The largest absolute Gasteiger partial charge is 0.486 e. The minimum Gasteiger partial charge on any atom is -0.486 e. The van der Waals surface area contributed by atoms with E-state index in [9.17, 15) is 0 Å². The molecule has 2 aliphatic rings. The minimum atomic E-state index is 0.574. The molecule has 7 heteroatoms. The van der Waals surface area contributed by atoms with Gasteiger partial charge in [-0.2, -0.15) is 5.10 Å². The van der Waals surface area contributed by atoms with Gasteiger partial charge in [0.15, 0.2) is 11.5 Å². The Morgan fingerprint density at radius 1 is 1.12 bits per heavy atom. The van der Waals surface area contributed by atoms with Crippen molar-refractivity contribution in [1.82, 2.24) is 9.78 Å². The molecule has 5 nitrogen and oxygen atoms in total. The Labute approximate surface area is 147 Å². The van der Waals surface area contributed by atoms with Crippen LogP contribution in [0.1, 0.15) is 5.56 Å². The summed E-state index contributed by atoms with van der Waals surface area (Å²) in [5.74, 6) is 2.60. The molecule has 2 aliphatic heterocycles. The standard InChI is InChI=1S/C17H14ClN3O2S/c18-15-4-3-14(24-15)16-11-5-6-19-17(11)21(20-16)10-1-2-12-13(9-10)23-8-7-22-12/h1-4,9,19H,5-8H2. The fraction of sp³-hybridized carbons (Fsp3) is 0.235. The van der Waals surface area contributed by atoms with E-state index in [0.29, 0.717) is 13.2 Å². The van der Waals surface area contributed by atoms with Crippen LogP contribution in [0, 0.1) is 0 Å². The van der Waals surface area contributed by atoms with Gasteiger partial charge in [-0.3, -0.25) is 0 Å². The lowest BCUT2D eigenvalue weighted by molar-refractivity contribution is 0.171. The monoisotopic (exact) mass is 359 g/mol. The van der Waals surface area contributed by atoms with E-state index in [0.717, 1.165) is 50.9 Å². The molecule has 0 unspecified atom stereocenters. The third-order valence-corrected chi connectivity index (χ3v) is 5.47. The van der Waals surface area contributed by atoms with Gasteiger partial charge in [-0.15, -0.1) is 11.3 Å². The summed E-state index contributed by atoms with van der Waals surface area (Å²) in [5, 5.41) is 8.29. The molecule has 3 aromatic rings. The maximum absolute atomic E-state index is 6.10. The van der Waals surface area contributed by atoms with Gasteiger partial charge < -0.3 is 14.8 Å². The second-order valence-corrected chi connectivity index (χ2v) is 7.41. The van der Waals surface area contributed by atoms with E-state index >= 15 is 0 Å². The van der Waals surface area contributed by atoms with Crippen LogP contribution >= 0.6 is 22.9 Å². The maximum atomic E-state index is 6.10. The summed E-state index contributed by atoms with van der Waals surface area (Å²) in [6.45, 7) is 2.09. The third kappa shape index (κ3) is 2.17. The molecule has 2 aromatic heterocycles. The molecule has 1 aromatic carbocycles. The van der Waals surface area contributed by atoms with Crippen molar-refractivity contribution in [2.24, 2.45) is 0 Å². The van der Waals surface area contributed by atoms with Crippen LogP contribution in [0.3, 0.4) is 0 Å². The lowest BCUT2D eigenvalue weighted by atomic mass is 10.2. The van der Waals surface area contributed by atoms with Gasteiger partial charge in [-0.1, -0.05) is 11.6 Å². The summed E-state index contributed by atoms with van der Waals surface area (Å²) in [4.78, 5) is 1.09. The fourth-order valence-electron chi connectivity index (χ4n) is 3.16. The fourth-order valence-corrected chi connectivity index (χ4v) is 4.22. The van der Waals surface area contributed by atoms with E-state index in [2.05, 4.69) is 5.32 Å². The molecule has 122 valence electrons. The summed E-state index contributed by atoms with van der Waals surface area (Å²) < 4.78 is 14.0. The normalized spacial score (nSPS) is 15.2. The van der Waals surface area contributed by atoms with E-state index in [1.54, 1.807) is 11.3 Å². The molecule has 5 rings (SSSR count). The Balaban J connectivity index is 1.64. The zero-order chi connectivity index (χ0) is 16.1. The molecular weight excluding hydrogens is 346 g/mol. The molecular formula is C17H14ClN3O2S. The van der Waals surface area contributed by atoms with E-state index in [1.165, 1.54) is 5.56 Å². The number of nitrogens with one attached hydrogen (secondary N) is 1. The van der Waals surface area contributed by atoms with Crippen molar-refractivity contribution in [3.05, 3.63) is 40.2 Å². The third-order valence-electron chi connectivity index (χ3n) is 4.23. The van der Waals surface area contributed by atoms with Crippen LogP contribution in [0.5, 0.6) is 11.5 Å². The van der Waals surface area contributed by atoms with E-state index < -0.39 is 0 Å². The SMILES string of the molecule is Clc1ccc(-c2nn(-c3ccc4c(c3)OCCO4)c3c2CCN3)s1. The zero-order valence-electron chi connectivity index (χ0n) is 12.7. The molecule has 0 radical (unpaired) electrons. The number of anilines is 1. The summed E-state index contributed by atoms with van der Waals surface area (Å²) in [6, 6.07) is 9.87. The van der Waals surface area contributed by atoms with Crippen LogP contribution in [0.4, 0.5) is 5.82 Å². The molecule has 0 amide bonds. The Morgan fingerprint density at radius 2 is 2.00 bits per heavy atom. The number of benzene rings is 1. The molecule has 24 heavy (non-hydrogen) atoms. The predicted octanol–water partition coefficient (Wildman–Crippen LogP) is 3.99. The Kier molecular flexibility index (Phi) is 3.21. The number of rotatable bonds is 2. The van der Waals surface area contributed by atoms with Crippen molar-refractivity contribution in [3.8, 4) is 27.8 Å².